The van der Waals surface area contributed by atoms with Crippen LogP contribution in [-0.2, 0) is 0 Å². The molecule has 0 N–H and O–H groups in total. The van der Waals surface area contributed by atoms with Crippen molar-refractivity contribution in [2.45, 2.75) is 0 Å². The highest BCUT2D eigenvalue weighted by Gasteiger charge is 2.11. The molecule has 0 bridgehead atoms. The third kappa shape index (κ3) is 2.44. The minimum Gasteiger partial charge on any atom is -0.480 e. The topological polar surface area (TPSA) is 52.1 Å². The van der Waals surface area contributed by atoms with Crippen LogP contribution in [0, 0.1) is 5.82 Å². The molecule has 2 rings (SSSR count). The largest absolute Gasteiger partial charge is 0.480 e. The standard InChI is InChI=1S/C12H9FN2O2/c1-17-11-7-6-10(14-15-11)12(16)8-2-4-9(13)5-3-8/h2-7H,1H3. The summed E-state index contributed by atoms with van der Waals surface area (Å²) in [6, 6.07) is 8.32. The van der Waals surface area contributed by atoms with E-state index in [9.17, 15) is 9.18 Å². The molecule has 0 aliphatic heterocycles. The van der Waals surface area contributed by atoms with Gasteiger partial charge in [0.2, 0.25) is 11.7 Å². The number of carbonyl (C=O) groups is 1. The third-order valence-corrected chi connectivity index (χ3v) is 2.19. The maximum atomic E-state index is 12.7. The lowest BCUT2D eigenvalue weighted by molar-refractivity contribution is 0.103. The predicted molar refractivity (Wildman–Crippen MR) is 58.4 cm³/mol. The van der Waals surface area contributed by atoms with Crippen LogP contribution >= 0.6 is 0 Å². The zero-order chi connectivity index (χ0) is 12.3. The van der Waals surface area contributed by atoms with E-state index in [1.165, 1.54) is 37.4 Å². The zero-order valence-electron chi connectivity index (χ0n) is 9.05. The summed E-state index contributed by atoms with van der Waals surface area (Å²) in [7, 11) is 1.46. The molecule has 0 aliphatic rings. The fourth-order valence-corrected chi connectivity index (χ4v) is 1.30. The molecule has 0 aliphatic carbocycles. The SMILES string of the molecule is COc1ccc(C(=O)c2ccc(F)cc2)nn1. The summed E-state index contributed by atoms with van der Waals surface area (Å²) in [5.74, 6) is -0.358. The minimum absolute atomic E-state index is 0.192. The van der Waals surface area contributed by atoms with Gasteiger partial charge in [-0.2, -0.15) is 0 Å². The Hall–Kier alpha value is -2.30. The lowest BCUT2D eigenvalue weighted by Crippen LogP contribution is -2.05. The number of carbonyl (C=O) groups excluding carboxylic acids is 1. The molecule has 0 atom stereocenters. The van der Waals surface area contributed by atoms with Gasteiger partial charge in [-0.25, -0.2) is 4.39 Å². The highest BCUT2D eigenvalue weighted by atomic mass is 19.1. The fraction of sp³-hybridized carbons (Fsp3) is 0.0833. The maximum absolute atomic E-state index is 12.7. The first-order chi connectivity index (χ1) is 8.20. The number of hydrogen-bond donors (Lipinski definition) is 0. The molecule has 0 unspecified atom stereocenters. The number of ether oxygens (including phenoxy) is 1. The van der Waals surface area contributed by atoms with Crippen LogP contribution in [0.1, 0.15) is 16.1 Å². The van der Waals surface area contributed by atoms with E-state index in [4.69, 9.17) is 4.74 Å². The molecular weight excluding hydrogens is 223 g/mol. The summed E-state index contributed by atoms with van der Waals surface area (Å²) in [4.78, 5) is 11.9. The van der Waals surface area contributed by atoms with Gasteiger partial charge >= 0.3 is 0 Å². The first-order valence-electron chi connectivity index (χ1n) is 4.88. The van der Waals surface area contributed by atoms with Gasteiger partial charge in [0, 0.05) is 11.6 Å². The van der Waals surface area contributed by atoms with Crippen molar-refractivity contribution < 1.29 is 13.9 Å². The molecule has 86 valence electrons. The van der Waals surface area contributed by atoms with Crippen molar-refractivity contribution in [2.24, 2.45) is 0 Å². The van der Waals surface area contributed by atoms with Crippen LogP contribution in [0.5, 0.6) is 5.88 Å². The van der Waals surface area contributed by atoms with E-state index >= 15 is 0 Å². The van der Waals surface area contributed by atoms with Gasteiger partial charge in [0.1, 0.15) is 11.5 Å². The molecule has 0 radical (unpaired) electrons. The predicted octanol–water partition coefficient (Wildman–Crippen LogP) is 1.86. The van der Waals surface area contributed by atoms with Crippen LogP contribution in [0.15, 0.2) is 36.4 Å². The monoisotopic (exact) mass is 232 g/mol. The number of rotatable bonds is 3. The Bertz CT molecular complexity index is 523. The Kier molecular flexibility index (Phi) is 3.09. The average molecular weight is 232 g/mol. The van der Waals surface area contributed by atoms with E-state index in [0.717, 1.165) is 0 Å². The molecule has 0 saturated heterocycles. The van der Waals surface area contributed by atoms with E-state index in [-0.39, 0.29) is 17.3 Å². The van der Waals surface area contributed by atoms with Gasteiger partial charge < -0.3 is 4.74 Å². The van der Waals surface area contributed by atoms with Crippen molar-refractivity contribution in [1.29, 1.82) is 0 Å². The molecule has 1 heterocycles. The molecule has 0 amide bonds. The highest BCUT2D eigenvalue weighted by molar-refractivity contribution is 6.07. The number of hydrogen-bond acceptors (Lipinski definition) is 4. The molecule has 0 fully saturated rings. The van der Waals surface area contributed by atoms with Gasteiger partial charge in [-0.3, -0.25) is 4.79 Å². The van der Waals surface area contributed by atoms with Crippen LogP contribution in [-0.4, -0.2) is 23.1 Å². The molecule has 5 heteroatoms. The Labute approximate surface area is 97.1 Å². The lowest BCUT2D eigenvalue weighted by atomic mass is 10.1. The van der Waals surface area contributed by atoms with Crippen molar-refractivity contribution in [3.8, 4) is 5.88 Å². The normalized spacial score (nSPS) is 10.0. The second-order valence-electron chi connectivity index (χ2n) is 3.30. The second-order valence-corrected chi connectivity index (χ2v) is 3.30. The van der Waals surface area contributed by atoms with Crippen LogP contribution in [0.25, 0.3) is 0 Å². The van der Waals surface area contributed by atoms with Crippen LogP contribution in [0.2, 0.25) is 0 Å². The van der Waals surface area contributed by atoms with Crippen molar-refractivity contribution in [2.75, 3.05) is 7.11 Å². The number of halogens is 1. The van der Waals surface area contributed by atoms with Gasteiger partial charge in [0.25, 0.3) is 0 Å². The Morgan fingerprint density at radius 3 is 2.35 bits per heavy atom. The van der Waals surface area contributed by atoms with Crippen LogP contribution < -0.4 is 4.74 Å². The summed E-state index contributed by atoms with van der Waals surface area (Å²) in [6.07, 6.45) is 0. The Balaban J connectivity index is 2.27. The summed E-state index contributed by atoms with van der Waals surface area (Å²) >= 11 is 0. The molecular formula is C12H9FN2O2. The van der Waals surface area contributed by atoms with E-state index in [1.807, 2.05) is 0 Å². The highest BCUT2D eigenvalue weighted by Crippen LogP contribution is 2.10. The minimum atomic E-state index is -0.387. The molecule has 1 aromatic carbocycles. The molecule has 4 nitrogen and oxygen atoms in total. The van der Waals surface area contributed by atoms with E-state index in [1.54, 1.807) is 6.07 Å². The second kappa shape index (κ2) is 4.69. The van der Waals surface area contributed by atoms with Gasteiger partial charge in [-0.05, 0) is 30.3 Å². The first kappa shape index (κ1) is 11.2. The van der Waals surface area contributed by atoms with Gasteiger partial charge in [-0.1, -0.05) is 0 Å². The summed E-state index contributed by atoms with van der Waals surface area (Å²) in [5.41, 5.74) is 0.559. The number of methoxy groups -OCH3 is 1. The summed E-state index contributed by atoms with van der Waals surface area (Å²) in [6.45, 7) is 0. The van der Waals surface area contributed by atoms with Crippen molar-refractivity contribution in [3.05, 3.63) is 53.5 Å². The molecule has 0 saturated carbocycles. The maximum Gasteiger partial charge on any atom is 0.233 e. The molecule has 1 aromatic heterocycles. The van der Waals surface area contributed by atoms with Crippen molar-refractivity contribution >= 4 is 5.78 Å². The zero-order valence-corrected chi connectivity index (χ0v) is 9.05. The third-order valence-electron chi connectivity index (χ3n) is 2.19. The van der Waals surface area contributed by atoms with Crippen LogP contribution in [0.3, 0.4) is 0 Å². The van der Waals surface area contributed by atoms with E-state index in [2.05, 4.69) is 10.2 Å². The smallest absolute Gasteiger partial charge is 0.233 e. The van der Waals surface area contributed by atoms with Crippen molar-refractivity contribution in [1.82, 2.24) is 10.2 Å². The van der Waals surface area contributed by atoms with E-state index < -0.39 is 0 Å². The average Bonchev–Trinajstić information content (AvgIpc) is 2.39. The molecule has 17 heavy (non-hydrogen) atoms. The molecule has 0 spiro atoms. The van der Waals surface area contributed by atoms with E-state index in [0.29, 0.717) is 11.4 Å². The van der Waals surface area contributed by atoms with Crippen molar-refractivity contribution in [3.63, 3.8) is 0 Å². The van der Waals surface area contributed by atoms with Gasteiger partial charge in [0.05, 0.1) is 7.11 Å². The number of nitrogens with zero attached hydrogens (tertiary/aromatic N) is 2. The Morgan fingerprint density at radius 1 is 1.12 bits per heavy atom. The fourth-order valence-electron chi connectivity index (χ4n) is 1.30. The number of aromatic nitrogens is 2. The van der Waals surface area contributed by atoms with Gasteiger partial charge in [0.15, 0.2) is 0 Å². The van der Waals surface area contributed by atoms with Gasteiger partial charge in [-0.15, -0.1) is 10.2 Å². The quantitative estimate of drug-likeness (QED) is 0.758. The summed E-state index contributed by atoms with van der Waals surface area (Å²) in [5, 5.41) is 7.42. The number of benzene rings is 1. The van der Waals surface area contributed by atoms with Crippen LogP contribution in [0.4, 0.5) is 4.39 Å². The lowest BCUT2D eigenvalue weighted by Gasteiger charge is -2.01. The number of ketones is 1. The molecule has 2 aromatic rings. The Morgan fingerprint density at radius 2 is 1.82 bits per heavy atom. The summed E-state index contributed by atoms with van der Waals surface area (Å²) < 4.78 is 17.5. The first-order valence-corrected chi connectivity index (χ1v) is 4.88.